The molecule has 4 atom stereocenters. The van der Waals surface area contributed by atoms with Crippen LogP contribution in [0.2, 0.25) is 10.0 Å². The number of amides is 1. The number of aromatic nitrogens is 6. The lowest BCUT2D eigenvalue weighted by Gasteiger charge is -2.38. The van der Waals surface area contributed by atoms with Crippen LogP contribution in [0.3, 0.4) is 0 Å². The molecule has 4 aromatic heterocycles. The number of para-hydroxylation sites is 2. The minimum atomic E-state index is -0.509. The third-order valence-electron chi connectivity index (χ3n) is 13.7. The standard InChI is InChI=1S/C26H31ClN6O.C23H29ClN6.C3H3ClO.CH4/c1-2-24(34)33-12-10-32(11-13-33)17-18-6-5-7-19(14-18)30-26-29-16-22(27)25(31-26)21-15-28-23-9-4-3-8-20(21)23;24-20-14-27-23(29-22(20)19-13-26-21-7-2-1-6-18(19)21)28-17-5-3-4-16(12-17)15-30-10-8-25-9-11-30;1-2-3(4)5;/h2-4,8-9,15-16,18-19,28H,1,5-7,10-14,17H2,(H,29,30,31);1-2,6-7,13-14,16-17,25-26H,3-5,8-12,15H2,(H,27,28,29);2H,1H2;1H4/t18-,19+;16-,17+;;/m00../s1. The predicted molar refractivity (Wildman–Crippen MR) is 288 cm³/mol. The van der Waals surface area contributed by atoms with Crippen LogP contribution in [0.4, 0.5) is 11.9 Å². The number of rotatable bonds is 12. The summed E-state index contributed by atoms with van der Waals surface area (Å²) < 4.78 is 0. The van der Waals surface area contributed by atoms with Gasteiger partial charge in [-0.05, 0) is 86.2 Å². The molecule has 372 valence electrons. The molecule has 0 spiro atoms. The first-order valence-electron chi connectivity index (χ1n) is 24.2. The van der Waals surface area contributed by atoms with Gasteiger partial charge < -0.3 is 35.7 Å². The Bertz CT molecular complexity index is 2680. The Kier molecular flexibility index (Phi) is 19.2. The Balaban J connectivity index is 0.000000187. The smallest absolute Gasteiger partial charge is 0.246 e. The summed E-state index contributed by atoms with van der Waals surface area (Å²) >= 11 is 17.7. The van der Waals surface area contributed by atoms with E-state index in [0.29, 0.717) is 39.9 Å². The number of piperazine rings is 2. The van der Waals surface area contributed by atoms with E-state index < -0.39 is 5.24 Å². The average molecular weight is 1010 g/mol. The maximum absolute atomic E-state index is 11.8. The molecule has 6 aromatic rings. The zero-order chi connectivity index (χ0) is 48.1. The number of benzene rings is 2. The van der Waals surface area contributed by atoms with Crippen LogP contribution in [0.5, 0.6) is 0 Å². The van der Waals surface area contributed by atoms with Crippen LogP contribution in [0.1, 0.15) is 58.8 Å². The normalized spacial score (nSPS) is 20.8. The monoisotopic (exact) mass is 1010 g/mol. The summed E-state index contributed by atoms with van der Waals surface area (Å²) in [7, 11) is 0. The van der Waals surface area contributed by atoms with E-state index in [2.05, 4.69) is 77.0 Å². The third-order valence-corrected chi connectivity index (χ3v) is 14.4. The van der Waals surface area contributed by atoms with Crippen LogP contribution in [-0.4, -0.2) is 133 Å². The van der Waals surface area contributed by atoms with Gasteiger partial charge in [-0.1, -0.05) is 93.0 Å². The maximum Gasteiger partial charge on any atom is 0.246 e. The molecule has 14 nitrogen and oxygen atoms in total. The highest BCUT2D eigenvalue weighted by molar-refractivity contribution is 6.66. The molecule has 4 aliphatic rings. The van der Waals surface area contributed by atoms with Crippen LogP contribution in [0.25, 0.3) is 44.3 Å². The molecule has 0 bridgehead atoms. The average Bonchev–Trinajstić information content (AvgIpc) is 4.01. The van der Waals surface area contributed by atoms with Gasteiger partial charge in [0.05, 0.1) is 33.8 Å². The van der Waals surface area contributed by atoms with Crippen LogP contribution < -0.4 is 16.0 Å². The molecule has 4 fully saturated rings. The van der Waals surface area contributed by atoms with Crippen molar-refractivity contribution in [1.29, 1.82) is 0 Å². The Morgan fingerprint density at radius 1 is 0.671 bits per heavy atom. The second kappa shape index (κ2) is 25.7. The van der Waals surface area contributed by atoms with Crippen molar-refractivity contribution in [2.45, 2.75) is 70.9 Å². The highest BCUT2D eigenvalue weighted by Gasteiger charge is 2.28. The molecule has 10 rings (SSSR count). The van der Waals surface area contributed by atoms with Crippen LogP contribution in [-0.2, 0) is 9.59 Å². The van der Waals surface area contributed by atoms with E-state index in [4.69, 9.17) is 44.8 Å². The molecule has 2 saturated carbocycles. The fourth-order valence-electron chi connectivity index (χ4n) is 10.2. The number of allylic oxidation sites excluding steroid dienone is 1. The van der Waals surface area contributed by atoms with Crippen molar-refractivity contribution in [3.8, 4) is 22.5 Å². The van der Waals surface area contributed by atoms with E-state index in [1.54, 1.807) is 12.4 Å². The van der Waals surface area contributed by atoms with Crippen molar-refractivity contribution in [1.82, 2.24) is 49.9 Å². The first-order chi connectivity index (χ1) is 33.6. The summed E-state index contributed by atoms with van der Waals surface area (Å²) in [5, 5.41) is 13.5. The zero-order valence-corrected chi connectivity index (χ0v) is 41.4. The number of halogens is 3. The molecule has 2 aliphatic heterocycles. The van der Waals surface area contributed by atoms with Crippen molar-refractivity contribution in [2.24, 2.45) is 11.8 Å². The van der Waals surface area contributed by atoms with Crippen LogP contribution >= 0.6 is 34.8 Å². The molecule has 5 N–H and O–H groups in total. The van der Waals surface area contributed by atoms with Gasteiger partial charge in [-0.25, -0.2) is 19.9 Å². The summed E-state index contributed by atoms with van der Waals surface area (Å²) in [5.41, 5.74) is 5.67. The topological polar surface area (TPSA) is 163 Å². The fraction of sp³-hybridized carbons (Fsp3) is 0.434. The number of aromatic amines is 2. The van der Waals surface area contributed by atoms with Gasteiger partial charge in [-0.3, -0.25) is 14.5 Å². The first-order valence-corrected chi connectivity index (χ1v) is 25.4. The number of anilines is 2. The molecule has 6 heterocycles. The number of hydrogen-bond donors (Lipinski definition) is 5. The second-order valence-corrected chi connectivity index (χ2v) is 19.6. The highest BCUT2D eigenvalue weighted by atomic mass is 35.5. The van der Waals surface area contributed by atoms with Gasteiger partial charge in [-0.2, -0.15) is 0 Å². The van der Waals surface area contributed by atoms with Gasteiger partial charge in [0.1, 0.15) is 0 Å². The molecule has 2 aliphatic carbocycles. The van der Waals surface area contributed by atoms with Crippen molar-refractivity contribution < 1.29 is 9.59 Å². The molecule has 0 unspecified atom stereocenters. The predicted octanol–water partition coefficient (Wildman–Crippen LogP) is 10.3. The summed E-state index contributed by atoms with van der Waals surface area (Å²) in [6, 6.07) is 17.1. The maximum atomic E-state index is 11.8. The van der Waals surface area contributed by atoms with E-state index in [1.165, 1.54) is 64.2 Å². The molecular weight excluding hydrogens is 943 g/mol. The highest BCUT2D eigenvalue weighted by Crippen LogP contribution is 2.35. The molecule has 2 aromatic carbocycles. The molecule has 70 heavy (non-hydrogen) atoms. The largest absolute Gasteiger partial charge is 0.360 e. The lowest BCUT2D eigenvalue weighted by atomic mass is 9.85. The SMILES string of the molecule is C.C=CC(=O)Cl.C=CC(=O)N1CCN(C[C@H]2CCC[C@@H](Nc3ncc(Cl)c(-c4c[nH]c5ccccc45)n3)C2)CC1.Clc1cnc(N[C@@H]2CCC[C@H](CN3CCNCC3)C2)nc1-c1c[nH]c2ccccc12. The quantitative estimate of drug-likeness (QED) is 0.0586. The van der Waals surface area contributed by atoms with E-state index in [1.807, 2.05) is 47.6 Å². The summed E-state index contributed by atoms with van der Waals surface area (Å²) in [5.74, 6) is 2.72. The molecule has 1 amide bonds. The minimum Gasteiger partial charge on any atom is -0.360 e. The van der Waals surface area contributed by atoms with Gasteiger partial charge in [0.25, 0.3) is 0 Å². The zero-order valence-electron chi connectivity index (χ0n) is 39.1. The van der Waals surface area contributed by atoms with Gasteiger partial charge >= 0.3 is 0 Å². The Morgan fingerprint density at radius 3 is 1.59 bits per heavy atom. The van der Waals surface area contributed by atoms with Gasteiger partial charge in [0.15, 0.2) is 0 Å². The third kappa shape index (κ3) is 13.9. The molecule has 17 heteroatoms. The number of H-pyrrole nitrogens is 2. The van der Waals surface area contributed by atoms with Gasteiger partial charge in [-0.15, -0.1) is 0 Å². The van der Waals surface area contributed by atoms with E-state index >= 15 is 0 Å². The van der Waals surface area contributed by atoms with E-state index in [0.717, 1.165) is 115 Å². The fourth-order valence-corrected chi connectivity index (χ4v) is 10.6. The van der Waals surface area contributed by atoms with Gasteiger partial charge in [0, 0.05) is 123 Å². The number of nitrogens with one attached hydrogen (secondary N) is 5. The Hall–Kier alpha value is -5.35. The van der Waals surface area contributed by atoms with Crippen molar-refractivity contribution >= 4 is 79.7 Å². The number of nitrogens with zero attached hydrogens (tertiary/aromatic N) is 7. The number of fused-ring (bicyclic) bond motifs is 2. The molecular formula is C53H67Cl3N12O2. The summed E-state index contributed by atoms with van der Waals surface area (Å²) in [6.07, 6.45) is 19.4. The lowest BCUT2D eigenvalue weighted by molar-refractivity contribution is -0.127. The summed E-state index contributed by atoms with van der Waals surface area (Å²) in [4.78, 5) is 53.5. The van der Waals surface area contributed by atoms with Crippen molar-refractivity contribution in [2.75, 3.05) is 76.1 Å². The Morgan fingerprint density at radius 2 is 1.13 bits per heavy atom. The lowest BCUT2D eigenvalue weighted by Crippen LogP contribution is -2.49. The summed E-state index contributed by atoms with van der Waals surface area (Å²) in [6.45, 7) is 17.0. The van der Waals surface area contributed by atoms with Crippen LogP contribution in [0, 0.1) is 11.8 Å². The molecule has 0 radical (unpaired) electrons. The van der Waals surface area contributed by atoms with Crippen molar-refractivity contribution in [3.05, 3.63) is 109 Å². The number of carbonyl (C=O) groups excluding carboxylic acids is 2. The van der Waals surface area contributed by atoms with E-state index in [9.17, 15) is 9.59 Å². The number of carbonyl (C=O) groups is 2. The second-order valence-electron chi connectivity index (χ2n) is 18.4. The Labute approximate surface area is 427 Å². The van der Waals surface area contributed by atoms with E-state index in [-0.39, 0.29) is 13.3 Å². The van der Waals surface area contributed by atoms with Crippen molar-refractivity contribution in [3.63, 3.8) is 0 Å². The van der Waals surface area contributed by atoms with Crippen LogP contribution in [0.15, 0.2) is 98.6 Å². The molecule has 2 saturated heterocycles. The van der Waals surface area contributed by atoms with Gasteiger partial charge in [0.2, 0.25) is 23.0 Å². The first kappa shape index (κ1) is 52.5. The number of hydrogen-bond acceptors (Lipinski definition) is 11. The minimum absolute atomic E-state index is 0.